The molecule has 1 atom stereocenters. The third-order valence-electron chi connectivity index (χ3n) is 5.94. The molecule has 2 heterocycles. The van der Waals surface area contributed by atoms with E-state index in [1.165, 1.54) is 0 Å². The zero-order chi connectivity index (χ0) is 22.2. The number of rotatable bonds is 3. The molecule has 0 spiro atoms. The highest BCUT2D eigenvalue weighted by atomic mass is 35.5. The normalized spacial score (nSPS) is 14.4. The maximum Gasteiger partial charge on any atom is 0.140 e. The van der Waals surface area contributed by atoms with Crippen molar-refractivity contribution in [3.8, 4) is 16.9 Å². The Kier molecular flexibility index (Phi) is 4.85. The highest BCUT2D eigenvalue weighted by Crippen LogP contribution is 2.45. The smallest absolute Gasteiger partial charge is 0.140 e. The Morgan fingerprint density at radius 1 is 0.697 bits per heavy atom. The molecule has 0 radical (unpaired) electrons. The van der Waals surface area contributed by atoms with E-state index in [9.17, 15) is 0 Å². The number of fused-ring (bicyclic) bond motifs is 2. The van der Waals surface area contributed by atoms with E-state index < -0.39 is 0 Å². The molecule has 0 amide bonds. The van der Waals surface area contributed by atoms with E-state index in [-0.39, 0.29) is 6.04 Å². The summed E-state index contributed by atoms with van der Waals surface area (Å²) in [7, 11) is 0. The Bertz CT molecular complexity index is 1410. The summed E-state index contributed by atoms with van der Waals surface area (Å²) in [6.07, 6.45) is 0. The minimum absolute atomic E-state index is 0.124. The van der Waals surface area contributed by atoms with Crippen LogP contribution in [0, 0.1) is 0 Å². The van der Waals surface area contributed by atoms with Crippen molar-refractivity contribution in [2.75, 3.05) is 10.6 Å². The first-order chi connectivity index (χ1) is 16.3. The van der Waals surface area contributed by atoms with Crippen molar-refractivity contribution in [2.45, 2.75) is 6.04 Å². The highest BCUT2D eigenvalue weighted by Gasteiger charge is 2.31. The van der Waals surface area contributed by atoms with Crippen LogP contribution in [0.1, 0.15) is 17.2 Å². The molecule has 2 N–H and O–H groups in total. The number of nitrogens with zero attached hydrogens (tertiary/aromatic N) is 2. The fourth-order valence-corrected chi connectivity index (χ4v) is 4.49. The number of halogens is 1. The van der Waals surface area contributed by atoms with Crippen LogP contribution in [-0.4, -0.2) is 9.78 Å². The van der Waals surface area contributed by atoms with Gasteiger partial charge in [-0.05, 0) is 42.0 Å². The number of aromatic nitrogens is 2. The van der Waals surface area contributed by atoms with Crippen LogP contribution >= 0.6 is 11.6 Å². The minimum atomic E-state index is -0.124. The number of hydrogen-bond acceptors (Lipinski definition) is 3. The summed E-state index contributed by atoms with van der Waals surface area (Å²) >= 11 is 6.23. The molecule has 6 rings (SSSR count). The third kappa shape index (κ3) is 3.55. The van der Waals surface area contributed by atoms with Gasteiger partial charge in [0.15, 0.2) is 0 Å². The summed E-state index contributed by atoms with van der Waals surface area (Å²) in [5, 5.41) is 13.3. The minimum Gasteiger partial charge on any atom is -0.372 e. The number of benzene rings is 4. The van der Waals surface area contributed by atoms with E-state index >= 15 is 0 Å². The van der Waals surface area contributed by atoms with Crippen LogP contribution in [0.25, 0.3) is 16.9 Å². The lowest BCUT2D eigenvalue weighted by molar-refractivity contribution is 0.891. The average Bonchev–Trinajstić information content (AvgIpc) is 3.15. The monoisotopic (exact) mass is 448 g/mol. The van der Waals surface area contributed by atoms with Crippen molar-refractivity contribution in [3.05, 3.63) is 125 Å². The van der Waals surface area contributed by atoms with Gasteiger partial charge in [-0.1, -0.05) is 84.4 Å². The van der Waals surface area contributed by atoms with Gasteiger partial charge in [-0.25, -0.2) is 4.68 Å². The molecule has 4 nitrogen and oxygen atoms in total. The highest BCUT2D eigenvalue weighted by molar-refractivity contribution is 6.30. The van der Waals surface area contributed by atoms with Gasteiger partial charge in [0.05, 0.1) is 23.1 Å². The summed E-state index contributed by atoms with van der Waals surface area (Å²) < 4.78 is 2.00. The molecule has 4 aromatic carbocycles. The van der Waals surface area contributed by atoms with Gasteiger partial charge in [-0.2, -0.15) is 5.10 Å². The fourth-order valence-electron chi connectivity index (χ4n) is 4.37. The SMILES string of the molecule is Clc1ccc([C@H]2Nc3ccccc3Nc3c2c(-c2ccccc2)nn3-c2ccccc2)cc1. The van der Waals surface area contributed by atoms with E-state index in [0.29, 0.717) is 0 Å². The average molecular weight is 449 g/mol. The summed E-state index contributed by atoms with van der Waals surface area (Å²) in [5.74, 6) is 0.942. The zero-order valence-corrected chi connectivity index (χ0v) is 18.5. The van der Waals surface area contributed by atoms with Gasteiger partial charge >= 0.3 is 0 Å². The second-order valence-corrected chi connectivity index (χ2v) is 8.46. The quantitative estimate of drug-likeness (QED) is 0.301. The molecule has 1 aliphatic heterocycles. The second-order valence-electron chi connectivity index (χ2n) is 8.02. The molecule has 5 aromatic rings. The Morgan fingerprint density at radius 3 is 2.06 bits per heavy atom. The van der Waals surface area contributed by atoms with Crippen molar-refractivity contribution in [3.63, 3.8) is 0 Å². The van der Waals surface area contributed by atoms with Crippen LogP contribution in [0.3, 0.4) is 0 Å². The molecule has 0 bridgehead atoms. The third-order valence-corrected chi connectivity index (χ3v) is 6.19. The predicted molar refractivity (Wildman–Crippen MR) is 136 cm³/mol. The predicted octanol–water partition coefficient (Wildman–Crippen LogP) is 7.45. The lowest BCUT2D eigenvalue weighted by Gasteiger charge is -2.20. The lowest BCUT2D eigenvalue weighted by atomic mass is 9.95. The van der Waals surface area contributed by atoms with Gasteiger partial charge in [0.2, 0.25) is 0 Å². The number of hydrogen-bond donors (Lipinski definition) is 2. The van der Waals surface area contributed by atoms with Crippen molar-refractivity contribution >= 4 is 28.8 Å². The Morgan fingerprint density at radius 2 is 1.33 bits per heavy atom. The first kappa shape index (κ1) is 19.6. The molecule has 5 heteroatoms. The van der Waals surface area contributed by atoms with Crippen LogP contribution < -0.4 is 10.6 Å². The number of anilines is 3. The molecule has 0 aliphatic carbocycles. The van der Waals surface area contributed by atoms with Crippen LogP contribution in [0.5, 0.6) is 0 Å². The van der Waals surface area contributed by atoms with Gasteiger partial charge in [-0.3, -0.25) is 0 Å². The maximum atomic E-state index is 6.23. The molecule has 160 valence electrons. The molecule has 0 unspecified atom stereocenters. The lowest BCUT2D eigenvalue weighted by Crippen LogP contribution is -2.12. The van der Waals surface area contributed by atoms with Crippen LogP contribution in [0.4, 0.5) is 17.2 Å². The summed E-state index contributed by atoms with van der Waals surface area (Å²) in [6, 6.07) is 36.7. The van der Waals surface area contributed by atoms with E-state index in [2.05, 4.69) is 59.2 Å². The molecular weight excluding hydrogens is 428 g/mol. The second kappa shape index (κ2) is 8.15. The van der Waals surface area contributed by atoms with Crippen molar-refractivity contribution in [1.29, 1.82) is 0 Å². The molecule has 0 saturated carbocycles. The topological polar surface area (TPSA) is 41.9 Å². The Hall–Kier alpha value is -4.02. The largest absolute Gasteiger partial charge is 0.372 e. The Balaban J connectivity index is 1.66. The number of para-hydroxylation sites is 3. The van der Waals surface area contributed by atoms with Crippen LogP contribution in [0.2, 0.25) is 5.02 Å². The maximum absolute atomic E-state index is 6.23. The zero-order valence-electron chi connectivity index (χ0n) is 17.7. The Labute approximate surface area is 197 Å². The van der Waals surface area contributed by atoms with Crippen molar-refractivity contribution in [1.82, 2.24) is 9.78 Å². The molecule has 33 heavy (non-hydrogen) atoms. The summed E-state index contributed by atoms with van der Waals surface area (Å²) in [6.45, 7) is 0. The molecular formula is C28H21ClN4. The van der Waals surface area contributed by atoms with Crippen molar-refractivity contribution < 1.29 is 0 Å². The first-order valence-electron chi connectivity index (χ1n) is 10.9. The molecule has 1 aliphatic rings. The first-order valence-corrected chi connectivity index (χ1v) is 11.3. The van der Waals surface area contributed by atoms with E-state index in [4.69, 9.17) is 16.7 Å². The summed E-state index contributed by atoms with van der Waals surface area (Å²) in [4.78, 5) is 0. The van der Waals surface area contributed by atoms with Gasteiger partial charge in [0.1, 0.15) is 11.5 Å². The van der Waals surface area contributed by atoms with Crippen LogP contribution in [-0.2, 0) is 0 Å². The fraction of sp³-hybridized carbons (Fsp3) is 0.0357. The molecule has 0 fully saturated rings. The number of nitrogens with one attached hydrogen (secondary N) is 2. The van der Waals surface area contributed by atoms with E-state index in [0.717, 1.165) is 50.3 Å². The van der Waals surface area contributed by atoms with E-state index in [1.807, 2.05) is 65.3 Å². The molecule has 1 aromatic heterocycles. The van der Waals surface area contributed by atoms with Gasteiger partial charge in [0, 0.05) is 16.1 Å². The van der Waals surface area contributed by atoms with Gasteiger partial charge in [0.25, 0.3) is 0 Å². The van der Waals surface area contributed by atoms with E-state index in [1.54, 1.807) is 0 Å². The van der Waals surface area contributed by atoms with Crippen molar-refractivity contribution in [2.24, 2.45) is 0 Å². The summed E-state index contributed by atoms with van der Waals surface area (Å²) in [5.41, 5.74) is 7.24. The van der Waals surface area contributed by atoms with Gasteiger partial charge < -0.3 is 10.6 Å². The standard InChI is InChI=1S/C28H21ClN4/c29-21-17-15-20(16-18-21)26-25-27(19-9-3-1-4-10-19)32-33(22-11-5-2-6-12-22)28(25)31-24-14-8-7-13-23(24)30-26/h1-18,26,30-31H/t26-/m1/s1. The van der Waals surface area contributed by atoms with Crippen LogP contribution in [0.15, 0.2) is 109 Å². The molecule has 0 saturated heterocycles. The van der Waals surface area contributed by atoms with Gasteiger partial charge in [-0.15, -0.1) is 0 Å².